The van der Waals surface area contributed by atoms with Crippen LogP contribution in [0.15, 0.2) is 30.3 Å². The number of rotatable bonds is 3. The van der Waals surface area contributed by atoms with Gasteiger partial charge in [-0.25, -0.2) is 4.98 Å². The van der Waals surface area contributed by atoms with Crippen molar-refractivity contribution in [3.63, 3.8) is 0 Å². The molecule has 0 radical (unpaired) electrons. The number of aromatic nitrogens is 2. The molecule has 1 fully saturated rings. The monoisotopic (exact) mass is 287 g/mol. The Kier molecular flexibility index (Phi) is 3.74. The van der Waals surface area contributed by atoms with Crippen LogP contribution in [0.5, 0.6) is 0 Å². The second-order valence-corrected chi connectivity index (χ2v) is 6.75. The lowest BCUT2D eigenvalue weighted by Gasteiger charge is -2.14. The Morgan fingerprint density at radius 2 is 2.05 bits per heavy atom. The summed E-state index contributed by atoms with van der Waals surface area (Å²) in [5.41, 5.74) is 8.66. The third-order valence-corrected chi connectivity index (χ3v) is 5.00. The Bertz CT molecular complexity index is 583. The fraction of sp³-hybridized carbons (Fsp3) is 0.438. The average Bonchev–Trinajstić information content (AvgIpc) is 3.06. The van der Waals surface area contributed by atoms with Crippen molar-refractivity contribution >= 4 is 17.6 Å². The van der Waals surface area contributed by atoms with E-state index in [9.17, 15) is 0 Å². The van der Waals surface area contributed by atoms with E-state index in [1.165, 1.54) is 12.2 Å². The van der Waals surface area contributed by atoms with Crippen molar-refractivity contribution in [2.45, 2.75) is 32.2 Å². The van der Waals surface area contributed by atoms with Gasteiger partial charge >= 0.3 is 0 Å². The highest BCUT2D eigenvalue weighted by Gasteiger charge is 2.26. The molecule has 2 heterocycles. The Morgan fingerprint density at radius 3 is 2.65 bits per heavy atom. The van der Waals surface area contributed by atoms with E-state index >= 15 is 0 Å². The number of nitrogen functional groups attached to an aromatic ring is 1. The molecule has 1 atom stereocenters. The Labute approximate surface area is 124 Å². The number of hydrogen-bond acceptors (Lipinski definition) is 3. The summed E-state index contributed by atoms with van der Waals surface area (Å²) in [6, 6.07) is 10.7. The molecule has 0 saturated carbocycles. The van der Waals surface area contributed by atoms with Crippen molar-refractivity contribution in [2.75, 3.05) is 17.2 Å². The maximum atomic E-state index is 6.41. The number of thioether (sulfide) groups is 1. The number of nitrogens with two attached hydrogens (primary N) is 1. The van der Waals surface area contributed by atoms with Gasteiger partial charge in [0.25, 0.3) is 0 Å². The fourth-order valence-electron chi connectivity index (χ4n) is 2.83. The lowest BCUT2D eigenvalue weighted by molar-refractivity contribution is 0.613. The first-order chi connectivity index (χ1) is 9.68. The largest absolute Gasteiger partial charge is 0.384 e. The quantitative estimate of drug-likeness (QED) is 0.930. The predicted molar refractivity (Wildman–Crippen MR) is 87.1 cm³/mol. The van der Waals surface area contributed by atoms with Gasteiger partial charge in [0, 0.05) is 23.3 Å². The van der Waals surface area contributed by atoms with E-state index in [0.29, 0.717) is 12.0 Å². The summed E-state index contributed by atoms with van der Waals surface area (Å²) in [6.45, 7) is 4.33. The van der Waals surface area contributed by atoms with Crippen LogP contribution >= 0.6 is 11.8 Å². The first-order valence-electron chi connectivity index (χ1n) is 7.19. The van der Waals surface area contributed by atoms with Crippen LogP contribution in [0.4, 0.5) is 5.82 Å². The van der Waals surface area contributed by atoms with Crippen molar-refractivity contribution in [2.24, 2.45) is 0 Å². The maximum Gasteiger partial charge on any atom is 0.142 e. The molecular weight excluding hydrogens is 266 g/mol. The van der Waals surface area contributed by atoms with Crippen molar-refractivity contribution in [1.29, 1.82) is 0 Å². The van der Waals surface area contributed by atoms with Crippen LogP contribution in [-0.2, 0) is 0 Å². The molecule has 3 rings (SSSR count). The van der Waals surface area contributed by atoms with Crippen LogP contribution in [0, 0.1) is 0 Å². The Balaban J connectivity index is 2.11. The molecule has 1 aliphatic rings. The fourth-order valence-corrected chi connectivity index (χ4v) is 4.05. The highest BCUT2D eigenvalue weighted by Crippen LogP contribution is 2.38. The molecule has 3 nitrogen and oxygen atoms in total. The first-order valence-corrected chi connectivity index (χ1v) is 8.34. The second kappa shape index (κ2) is 5.52. The SMILES string of the molecule is CC(C)n1c(-c2ccccc2)nc(C2CCSC2)c1N. The minimum Gasteiger partial charge on any atom is -0.384 e. The van der Waals surface area contributed by atoms with Crippen LogP contribution in [-0.4, -0.2) is 21.1 Å². The van der Waals surface area contributed by atoms with Gasteiger partial charge in [0.15, 0.2) is 0 Å². The summed E-state index contributed by atoms with van der Waals surface area (Å²) >= 11 is 2.00. The minimum atomic E-state index is 0.320. The van der Waals surface area contributed by atoms with Crippen molar-refractivity contribution in [3.05, 3.63) is 36.0 Å². The first kappa shape index (κ1) is 13.6. The standard InChI is InChI=1S/C16H21N3S/c1-11(2)19-15(17)14(13-8-9-20-10-13)18-16(19)12-6-4-3-5-7-12/h3-7,11,13H,8-10,17H2,1-2H3. The third kappa shape index (κ3) is 2.33. The van der Waals surface area contributed by atoms with Crippen molar-refractivity contribution in [1.82, 2.24) is 9.55 Å². The molecule has 2 N–H and O–H groups in total. The molecule has 4 heteroatoms. The lowest BCUT2D eigenvalue weighted by atomic mass is 10.1. The molecule has 0 amide bonds. The number of benzene rings is 1. The third-order valence-electron chi connectivity index (χ3n) is 3.84. The number of imidazole rings is 1. The highest BCUT2D eigenvalue weighted by atomic mass is 32.2. The molecule has 0 spiro atoms. The topological polar surface area (TPSA) is 43.8 Å². The normalized spacial score (nSPS) is 18.9. The van der Waals surface area contributed by atoms with Gasteiger partial charge < -0.3 is 10.3 Å². The molecule has 0 aliphatic carbocycles. The predicted octanol–water partition coefficient (Wildman–Crippen LogP) is 3.93. The number of hydrogen-bond donors (Lipinski definition) is 1. The van der Waals surface area contributed by atoms with Gasteiger partial charge in [0.2, 0.25) is 0 Å². The highest BCUT2D eigenvalue weighted by molar-refractivity contribution is 7.99. The molecule has 1 aromatic carbocycles. The summed E-state index contributed by atoms with van der Waals surface area (Å²) in [7, 11) is 0. The maximum absolute atomic E-state index is 6.41. The van der Waals surface area contributed by atoms with Crippen LogP contribution in [0.2, 0.25) is 0 Å². The molecule has 2 aromatic rings. The molecule has 0 bridgehead atoms. The van der Waals surface area contributed by atoms with E-state index in [0.717, 1.165) is 28.7 Å². The van der Waals surface area contributed by atoms with E-state index in [4.69, 9.17) is 10.7 Å². The Hall–Kier alpha value is -1.42. The zero-order valence-corrected chi connectivity index (χ0v) is 12.9. The second-order valence-electron chi connectivity index (χ2n) is 5.60. The van der Waals surface area contributed by atoms with Gasteiger partial charge in [-0.2, -0.15) is 11.8 Å². The van der Waals surface area contributed by atoms with Crippen molar-refractivity contribution < 1.29 is 0 Å². The molecule has 106 valence electrons. The van der Waals surface area contributed by atoms with Gasteiger partial charge in [-0.15, -0.1) is 0 Å². The summed E-state index contributed by atoms with van der Waals surface area (Å²) in [5.74, 6) is 4.74. The van der Waals surface area contributed by atoms with Gasteiger partial charge in [-0.3, -0.25) is 0 Å². The van der Waals surface area contributed by atoms with Gasteiger partial charge in [-0.05, 0) is 26.0 Å². The minimum absolute atomic E-state index is 0.320. The van der Waals surface area contributed by atoms with Crippen LogP contribution in [0.1, 0.15) is 37.9 Å². The van der Waals surface area contributed by atoms with E-state index in [1.54, 1.807) is 0 Å². The molecule has 1 aliphatic heterocycles. The molecular formula is C16H21N3S. The van der Waals surface area contributed by atoms with Gasteiger partial charge in [0.05, 0.1) is 5.69 Å². The van der Waals surface area contributed by atoms with E-state index in [1.807, 2.05) is 17.8 Å². The smallest absolute Gasteiger partial charge is 0.142 e. The van der Waals surface area contributed by atoms with Crippen molar-refractivity contribution in [3.8, 4) is 11.4 Å². The van der Waals surface area contributed by atoms with Crippen LogP contribution < -0.4 is 5.73 Å². The number of nitrogens with zero attached hydrogens (tertiary/aromatic N) is 2. The molecule has 1 aromatic heterocycles. The average molecular weight is 287 g/mol. The lowest BCUT2D eigenvalue weighted by Crippen LogP contribution is -2.09. The summed E-state index contributed by atoms with van der Waals surface area (Å²) in [6.07, 6.45) is 1.19. The zero-order valence-electron chi connectivity index (χ0n) is 12.0. The van der Waals surface area contributed by atoms with E-state index in [2.05, 4.69) is 42.7 Å². The number of anilines is 1. The van der Waals surface area contributed by atoms with E-state index in [-0.39, 0.29) is 0 Å². The Morgan fingerprint density at radius 1 is 1.30 bits per heavy atom. The van der Waals surface area contributed by atoms with Gasteiger partial charge in [-0.1, -0.05) is 30.3 Å². The summed E-state index contributed by atoms with van der Waals surface area (Å²) < 4.78 is 2.17. The van der Waals surface area contributed by atoms with Crippen LogP contribution in [0.25, 0.3) is 11.4 Å². The van der Waals surface area contributed by atoms with Crippen LogP contribution in [0.3, 0.4) is 0 Å². The van der Waals surface area contributed by atoms with E-state index < -0.39 is 0 Å². The van der Waals surface area contributed by atoms with Gasteiger partial charge in [0.1, 0.15) is 11.6 Å². The summed E-state index contributed by atoms with van der Waals surface area (Å²) in [4.78, 5) is 4.91. The molecule has 20 heavy (non-hydrogen) atoms. The zero-order chi connectivity index (χ0) is 14.1. The molecule has 1 saturated heterocycles. The summed E-state index contributed by atoms with van der Waals surface area (Å²) in [5, 5.41) is 0. The molecule has 1 unspecified atom stereocenters.